The Morgan fingerprint density at radius 3 is 2.45 bits per heavy atom. The van der Waals surface area contributed by atoms with Gasteiger partial charge in [0.2, 0.25) is 0 Å². The molecule has 1 saturated heterocycles. The second kappa shape index (κ2) is 11.7. The molecular formula is C24H32N4O3. The highest BCUT2D eigenvalue weighted by molar-refractivity contribution is 5.91. The molecule has 2 heterocycles. The molecule has 2 N–H and O–H groups in total. The smallest absolute Gasteiger partial charge is 0.407 e. The van der Waals surface area contributed by atoms with Crippen LogP contribution in [0.15, 0.2) is 48.5 Å². The molecule has 0 saturated carbocycles. The molecular weight excluding hydrogens is 392 g/mol. The third-order valence-electron chi connectivity index (χ3n) is 4.72. The average molecular weight is 425 g/mol. The van der Waals surface area contributed by atoms with Crippen molar-refractivity contribution in [2.24, 2.45) is 0 Å². The zero-order chi connectivity index (χ0) is 22.8. The van der Waals surface area contributed by atoms with Gasteiger partial charge in [-0.2, -0.15) is 0 Å². The van der Waals surface area contributed by atoms with Crippen LogP contribution in [0.1, 0.15) is 34.1 Å². The van der Waals surface area contributed by atoms with Crippen LogP contribution in [0, 0.1) is 0 Å². The van der Waals surface area contributed by atoms with Gasteiger partial charge >= 0.3 is 6.09 Å². The van der Waals surface area contributed by atoms with Crippen molar-refractivity contribution in [1.82, 2.24) is 15.3 Å². The standard InChI is InChI=1S/C20H20N4O3.2C2H6/c1-27-20(26)21-13-10-11-24(12-13)19-14-6-2-4-8-16(14)22-18(23-19)15-7-3-5-9-17(15)25;2*1-2/h2-9,13,25H,10-12H2,1H3,(H,21,26);2*1-2H3/t13-;;/m1../s1. The summed E-state index contributed by atoms with van der Waals surface area (Å²) < 4.78 is 4.69. The Balaban J connectivity index is 0.000000807. The van der Waals surface area contributed by atoms with Crippen LogP contribution in [-0.2, 0) is 4.74 Å². The molecule has 0 aliphatic carbocycles. The lowest BCUT2D eigenvalue weighted by Gasteiger charge is -2.20. The fourth-order valence-electron chi connectivity index (χ4n) is 3.38. The SMILES string of the molecule is CC.CC.COC(=O)N[C@@H]1CCN(c2nc(-c3ccccc3O)nc3ccccc23)C1. The van der Waals surface area contributed by atoms with Gasteiger partial charge in [0.25, 0.3) is 0 Å². The number of carbonyl (C=O) groups is 1. The van der Waals surface area contributed by atoms with Crippen LogP contribution in [0.4, 0.5) is 10.6 Å². The van der Waals surface area contributed by atoms with E-state index in [1.165, 1.54) is 7.11 Å². The molecule has 4 rings (SSSR count). The first-order valence-corrected chi connectivity index (χ1v) is 10.8. The number of fused-ring (bicyclic) bond motifs is 1. The zero-order valence-electron chi connectivity index (χ0n) is 18.9. The molecule has 0 spiro atoms. The number of hydrogen-bond acceptors (Lipinski definition) is 6. The van der Waals surface area contributed by atoms with Crippen LogP contribution in [0.2, 0.25) is 0 Å². The fourth-order valence-corrected chi connectivity index (χ4v) is 3.38. The van der Waals surface area contributed by atoms with Gasteiger partial charge in [0.05, 0.1) is 24.2 Å². The number of alkyl carbamates (subject to hydrolysis) is 1. The summed E-state index contributed by atoms with van der Waals surface area (Å²) >= 11 is 0. The number of anilines is 1. The van der Waals surface area contributed by atoms with Crippen molar-refractivity contribution in [3.63, 3.8) is 0 Å². The monoisotopic (exact) mass is 424 g/mol. The molecule has 1 fully saturated rings. The number of methoxy groups -OCH3 is 1. The van der Waals surface area contributed by atoms with Gasteiger partial charge in [0, 0.05) is 18.5 Å². The molecule has 0 bridgehead atoms. The Kier molecular flexibility index (Phi) is 9.06. The first kappa shape index (κ1) is 23.9. The number of aromatic nitrogens is 2. The molecule has 1 aliphatic rings. The Labute approximate surface area is 184 Å². The van der Waals surface area contributed by atoms with Crippen molar-refractivity contribution in [3.8, 4) is 17.1 Å². The molecule has 3 aromatic rings. The zero-order valence-corrected chi connectivity index (χ0v) is 18.9. The lowest BCUT2D eigenvalue weighted by molar-refractivity contribution is 0.167. The average Bonchev–Trinajstić information content (AvgIpc) is 3.29. The number of phenolic OH excluding ortho intramolecular Hbond substituents is 1. The Bertz CT molecular complexity index is 993. The number of nitrogens with one attached hydrogen (secondary N) is 1. The summed E-state index contributed by atoms with van der Waals surface area (Å²) in [6.45, 7) is 9.40. The normalized spacial score (nSPS) is 14.7. The van der Waals surface area contributed by atoms with E-state index in [-0.39, 0.29) is 11.8 Å². The molecule has 1 aliphatic heterocycles. The number of rotatable bonds is 3. The van der Waals surface area contributed by atoms with Crippen LogP contribution in [0.25, 0.3) is 22.3 Å². The Morgan fingerprint density at radius 1 is 1.06 bits per heavy atom. The minimum atomic E-state index is -0.427. The maximum atomic E-state index is 11.5. The summed E-state index contributed by atoms with van der Waals surface area (Å²) in [7, 11) is 1.36. The van der Waals surface area contributed by atoms with E-state index >= 15 is 0 Å². The van der Waals surface area contributed by atoms with E-state index in [0.717, 1.165) is 29.7 Å². The topological polar surface area (TPSA) is 87.6 Å². The van der Waals surface area contributed by atoms with Crippen molar-refractivity contribution in [3.05, 3.63) is 48.5 Å². The lowest BCUT2D eigenvalue weighted by Crippen LogP contribution is -2.37. The summed E-state index contributed by atoms with van der Waals surface area (Å²) in [5.74, 6) is 1.42. The van der Waals surface area contributed by atoms with E-state index in [9.17, 15) is 9.90 Å². The van der Waals surface area contributed by atoms with Gasteiger partial charge < -0.3 is 20.1 Å². The highest BCUT2D eigenvalue weighted by Crippen LogP contribution is 2.32. The summed E-state index contributed by atoms with van der Waals surface area (Å²) in [5.41, 5.74) is 1.40. The van der Waals surface area contributed by atoms with Crippen LogP contribution in [0.3, 0.4) is 0 Å². The molecule has 0 radical (unpaired) electrons. The van der Waals surface area contributed by atoms with E-state index in [1.54, 1.807) is 18.2 Å². The third-order valence-corrected chi connectivity index (χ3v) is 4.72. The maximum Gasteiger partial charge on any atom is 0.407 e. The van der Waals surface area contributed by atoms with E-state index in [0.29, 0.717) is 17.9 Å². The van der Waals surface area contributed by atoms with Crippen molar-refractivity contribution >= 4 is 22.8 Å². The largest absolute Gasteiger partial charge is 0.507 e. The van der Waals surface area contributed by atoms with Crippen molar-refractivity contribution in [1.29, 1.82) is 0 Å². The van der Waals surface area contributed by atoms with Gasteiger partial charge in [-0.05, 0) is 30.7 Å². The molecule has 1 aromatic heterocycles. The van der Waals surface area contributed by atoms with Gasteiger partial charge in [-0.25, -0.2) is 14.8 Å². The minimum Gasteiger partial charge on any atom is -0.507 e. The predicted octanol–water partition coefficient (Wildman–Crippen LogP) is 4.99. The fraction of sp³-hybridized carbons (Fsp3) is 0.375. The summed E-state index contributed by atoms with van der Waals surface area (Å²) in [6.07, 6.45) is 0.378. The molecule has 1 atom stereocenters. The van der Waals surface area contributed by atoms with Gasteiger partial charge in [-0.15, -0.1) is 0 Å². The van der Waals surface area contributed by atoms with Gasteiger partial charge in [-0.1, -0.05) is 52.0 Å². The first-order valence-electron chi connectivity index (χ1n) is 10.8. The first-order chi connectivity index (χ1) is 15.2. The van der Waals surface area contributed by atoms with E-state index < -0.39 is 6.09 Å². The van der Waals surface area contributed by atoms with Crippen LogP contribution in [0.5, 0.6) is 5.75 Å². The van der Waals surface area contributed by atoms with E-state index in [2.05, 4.69) is 15.2 Å². The molecule has 7 heteroatoms. The van der Waals surface area contributed by atoms with Crippen LogP contribution < -0.4 is 10.2 Å². The highest BCUT2D eigenvalue weighted by Gasteiger charge is 2.27. The van der Waals surface area contributed by atoms with E-state index in [4.69, 9.17) is 9.72 Å². The minimum absolute atomic E-state index is 0.000226. The molecule has 7 nitrogen and oxygen atoms in total. The highest BCUT2D eigenvalue weighted by atomic mass is 16.5. The number of carbonyl (C=O) groups excluding carboxylic acids is 1. The number of phenols is 1. The lowest BCUT2D eigenvalue weighted by atomic mass is 10.1. The number of hydrogen-bond donors (Lipinski definition) is 2. The Morgan fingerprint density at radius 2 is 1.74 bits per heavy atom. The van der Waals surface area contributed by atoms with Crippen molar-refractivity contribution < 1.29 is 14.6 Å². The van der Waals surface area contributed by atoms with E-state index in [1.807, 2.05) is 58.0 Å². The Hall–Kier alpha value is -3.35. The predicted molar refractivity (Wildman–Crippen MR) is 125 cm³/mol. The van der Waals surface area contributed by atoms with Gasteiger partial charge in [0.1, 0.15) is 11.6 Å². The quantitative estimate of drug-likeness (QED) is 0.616. The van der Waals surface area contributed by atoms with Crippen molar-refractivity contribution in [2.75, 3.05) is 25.1 Å². The molecule has 1 amide bonds. The van der Waals surface area contributed by atoms with Gasteiger partial charge in [-0.3, -0.25) is 0 Å². The van der Waals surface area contributed by atoms with Crippen molar-refractivity contribution in [2.45, 2.75) is 40.2 Å². The summed E-state index contributed by atoms with van der Waals surface area (Å²) in [6, 6.07) is 14.8. The van der Waals surface area contributed by atoms with Crippen LogP contribution in [-0.4, -0.2) is 47.4 Å². The maximum absolute atomic E-state index is 11.5. The second-order valence-electron chi connectivity index (χ2n) is 6.47. The number of aromatic hydroxyl groups is 1. The van der Waals surface area contributed by atoms with Crippen LogP contribution >= 0.6 is 0 Å². The summed E-state index contributed by atoms with van der Waals surface area (Å²) in [4.78, 5) is 23.0. The molecule has 0 unspecified atom stereocenters. The number of para-hydroxylation sites is 2. The molecule has 31 heavy (non-hydrogen) atoms. The number of benzene rings is 2. The third kappa shape index (κ3) is 5.63. The summed E-state index contributed by atoms with van der Waals surface area (Å²) in [5, 5.41) is 14.0. The molecule has 166 valence electrons. The second-order valence-corrected chi connectivity index (χ2v) is 6.47. The molecule has 2 aromatic carbocycles. The number of amides is 1. The number of nitrogens with zero attached hydrogens (tertiary/aromatic N) is 3. The van der Waals surface area contributed by atoms with Gasteiger partial charge in [0.15, 0.2) is 5.82 Å². The number of ether oxygens (including phenoxy) is 1.